The van der Waals surface area contributed by atoms with Gasteiger partial charge < -0.3 is 9.64 Å². The molecule has 0 aliphatic heterocycles. The second kappa shape index (κ2) is 7.36. The van der Waals surface area contributed by atoms with Crippen LogP contribution in [0.15, 0.2) is 12.1 Å². The molecular weight excluding hydrogens is 382 g/mol. The minimum absolute atomic E-state index is 0.0785. The van der Waals surface area contributed by atoms with E-state index in [0.717, 1.165) is 6.07 Å². The van der Waals surface area contributed by atoms with Gasteiger partial charge in [-0.3, -0.25) is 14.9 Å². The summed E-state index contributed by atoms with van der Waals surface area (Å²) >= 11 is 1.69. The molecular formula is C12H14FIN2O4. The van der Waals surface area contributed by atoms with Crippen LogP contribution in [0.1, 0.15) is 13.3 Å². The summed E-state index contributed by atoms with van der Waals surface area (Å²) in [6.07, 6.45) is 0.0785. The minimum Gasteiger partial charge on any atom is -0.466 e. The van der Waals surface area contributed by atoms with Crippen molar-refractivity contribution < 1.29 is 18.8 Å². The summed E-state index contributed by atoms with van der Waals surface area (Å²) in [7, 11) is 1.56. The summed E-state index contributed by atoms with van der Waals surface area (Å²) in [5.74, 6) is -0.929. The number of anilines is 1. The number of esters is 1. The van der Waals surface area contributed by atoms with Crippen LogP contribution in [-0.2, 0) is 9.53 Å². The lowest BCUT2D eigenvalue weighted by Gasteiger charge is -2.19. The third-order valence-electron chi connectivity index (χ3n) is 2.58. The lowest BCUT2D eigenvalue weighted by molar-refractivity contribution is -0.384. The molecule has 0 saturated carbocycles. The van der Waals surface area contributed by atoms with Crippen LogP contribution in [0.5, 0.6) is 0 Å². The Morgan fingerprint density at radius 2 is 2.20 bits per heavy atom. The molecule has 1 aromatic rings. The number of nitro groups is 1. The highest BCUT2D eigenvalue weighted by molar-refractivity contribution is 14.1. The Kier molecular flexibility index (Phi) is 6.11. The summed E-state index contributed by atoms with van der Waals surface area (Å²) in [5, 5.41) is 11.0. The third-order valence-corrected chi connectivity index (χ3v) is 3.41. The van der Waals surface area contributed by atoms with E-state index in [0.29, 0.717) is 0 Å². The molecule has 8 heteroatoms. The van der Waals surface area contributed by atoms with Crippen molar-refractivity contribution in [2.24, 2.45) is 0 Å². The topological polar surface area (TPSA) is 72.7 Å². The first-order valence-corrected chi connectivity index (χ1v) is 6.94. The largest absolute Gasteiger partial charge is 0.466 e. The van der Waals surface area contributed by atoms with Crippen molar-refractivity contribution in [2.45, 2.75) is 13.3 Å². The van der Waals surface area contributed by atoms with E-state index >= 15 is 0 Å². The second-order valence-corrected chi connectivity index (χ2v) is 5.15. The zero-order valence-electron chi connectivity index (χ0n) is 11.1. The molecule has 0 N–H and O–H groups in total. The lowest BCUT2D eigenvalue weighted by Crippen LogP contribution is -2.23. The number of nitrogens with zero attached hydrogens (tertiary/aromatic N) is 2. The van der Waals surface area contributed by atoms with Crippen molar-refractivity contribution in [3.8, 4) is 0 Å². The van der Waals surface area contributed by atoms with Gasteiger partial charge in [-0.2, -0.15) is 0 Å². The summed E-state index contributed by atoms with van der Waals surface area (Å²) in [4.78, 5) is 23.1. The molecule has 0 saturated heterocycles. The van der Waals surface area contributed by atoms with Crippen molar-refractivity contribution in [3.63, 3.8) is 0 Å². The van der Waals surface area contributed by atoms with Gasteiger partial charge in [0.1, 0.15) is 11.5 Å². The average molecular weight is 396 g/mol. The van der Waals surface area contributed by atoms with Gasteiger partial charge in [-0.25, -0.2) is 4.39 Å². The standard InChI is InChI=1S/C12H14FIN2O4/c1-3-20-12(17)4-5-15(2)10-6-8(13)9(14)7-11(10)16(18)19/h6-7H,3-5H2,1-2H3. The van der Waals surface area contributed by atoms with Gasteiger partial charge in [0.25, 0.3) is 5.69 Å². The summed E-state index contributed by atoms with van der Waals surface area (Å²) in [6, 6.07) is 2.27. The van der Waals surface area contributed by atoms with Crippen LogP contribution >= 0.6 is 22.6 Å². The van der Waals surface area contributed by atoms with Gasteiger partial charge in [-0.05, 0) is 29.5 Å². The average Bonchev–Trinajstić information content (AvgIpc) is 2.38. The Labute approximate surface area is 129 Å². The summed E-state index contributed by atoms with van der Waals surface area (Å²) in [5.41, 5.74) is -0.0561. The van der Waals surface area contributed by atoms with Crippen molar-refractivity contribution in [1.29, 1.82) is 0 Å². The van der Waals surface area contributed by atoms with E-state index in [1.165, 1.54) is 11.0 Å². The van der Waals surface area contributed by atoms with Crippen LogP contribution in [0.25, 0.3) is 0 Å². The number of carbonyl (C=O) groups is 1. The molecule has 1 aromatic carbocycles. The molecule has 0 aliphatic rings. The number of nitro benzene ring substituents is 1. The number of ether oxygens (including phenoxy) is 1. The fraction of sp³-hybridized carbons (Fsp3) is 0.417. The van der Waals surface area contributed by atoms with Crippen LogP contribution in [-0.4, -0.2) is 31.1 Å². The summed E-state index contributed by atoms with van der Waals surface area (Å²) < 4.78 is 18.5. The first-order chi connectivity index (χ1) is 9.36. The number of halogens is 2. The number of hydrogen-bond donors (Lipinski definition) is 0. The third kappa shape index (κ3) is 4.29. The highest BCUT2D eigenvalue weighted by Gasteiger charge is 2.21. The smallest absolute Gasteiger partial charge is 0.307 e. The molecule has 0 atom stereocenters. The van der Waals surface area contributed by atoms with Gasteiger partial charge in [0, 0.05) is 25.7 Å². The van der Waals surface area contributed by atoms with Crippen molar-refractivity contribution in [1.82, 2.24) is 0 Å². The van der Waals surface area contributed by atoms with Gasteiger partial charge in [0.2, 0.25) is 0 Å². The maximum absolute atomic E-state index is 13.6. The molecule has 1 rings (SSSR count). The predicted molar refractivity (Wildman–Crippen MR) is 80.3 cm³/mol. The molecule has 6 nitrogen and oxygen atoms in total. The number of benzene rings is 1. The van der Waals surface area contributed by atoms with Crippen molar-refractivity contribution >= 4 is 39.9 Å². The van der Waals surface area contributed by atoms with Gasteiger partial charge in [-0.1, -0.05) is 0 Å². The monoisotopic (exact) mass is 396 g/mol. The SMILES string of the molecule is CCOC(=O)CCN(C)c1cc(F)c(I)cc1[N+](=O)[O-]. The van der Waals surface area contributed by atoms with E-state index in [1.54, 1.807) is 36.6 Å². The van der Waals surface area contributed by atoms with E-state index < -0.39 is 16.7 Å². The Morgan fingerprint density at radius 3 is 2.75 bits per heavy atom. The van der Waals surface area contributed by atoms with Gasteiger partial charge >= 0.3 is 5.97 Å². The van der Waals surface area contributed by atoms with Crippen molar-refractivity contribution in [2.75, 3.05) is 25.1 Å². The molecule has 110 valence electrons. The fourth-order valence-corrected chi connectivity index (χ4v) is 2.04. The lowest BCUT2D eigenvalue weighted by atomic mass is 10.2. The number of hydrogen-bond acceptors (Lipinski definition) is 5. The van der Waals surface area contributed by atoms with Gasteiger partial charge in [0.15, 0.2) is 0 Å². The molecule has 0 radical (unpaired) electrons. The Hall–Kier alpha value is -1.45. The molecule has 0 fully saturated rings. The van der Waals surface area contributed by atoms with E-state index in [4.69, 9.17) is 4.74 Å². The number of rotatable bonds is 6. The Morgan fingerprint density at radius 1 is 1.55 bits per heavy atom. The molecule has 0 bridgehead atoms. The molecule has 0 amide bonds. The van der Waals surface area contributed by atoms with Crippen molar-refractivity contribution in [3.05, 3.63) is 31.6 Å². The predicted octanol–water partition coefficient (Wildman–Crippen LogP) is 2.73. The van der Waals surface area contributed by atoms with E-state index in [9.17, 15) is 19.3 Å². The second-order valence-electron chi connectivity index (χ2n) is 3.99. The normalized spacial score (nSPS) is 10.2. The highest BCUT2D eigenvalue weighted by Crippen LogP contribution is 2.31. The van der Waals surface area contributed by atoms with Crippen LogP contribution < -0.4 is 4.90 Å². The maximum Gasteiger partial charge on any atom is 0.307 e. The maximum atomic E-state index is 13.6. The van der Waals surface area contributed by atoms with Crippen LogP contribution in [0.2, 0.25) is 0 Å². The van der Waals surface area contributed by atoms with Crippen LogP contribution in [0.3, 0.4) is 0 Å². The molecule has 0 aliphatic carbocycles. The zero-order valence-corrected chi connectivity index (χ0v) is 13.2. The van der Waals surface area contributed by atoms with Crippen LogP contribution in [0, 0.1) is 19.5 Å². The molecule has 0 spiro atoms. The van der Waals surface area contributed by atoms with Gasteiger partial charge in [-0.15, -0.1) is 0 Å². The van der Waals surface area contributed by atoms with Crippen LogP contribution in [0.4, 0.5) is 15.8 Å². The number of carbonyl (C=O) groups excluding carboxylic acids is 1. The molecule has 0 heterocycles. The molecule has 20 heavy (non-hydrogen) atoms. The zero-order chi connectivity index (χ0) is 15.3. The van der Waals surface area contributed by atoms with E-state index in [-0.39, 0.29) is 34.5 Å². The first kappa shape index (κ1) is 16.6. The quantitative estimate of drug-likeness (QED) is 0.320. The van der Waals surface area contributed by atoms with E-state index in [2.05, 4.69) is 0 Å². The van der Waals surface area contributed by atoms with E-state index in [1.807, 2.05) is 0 Å². The fourth-order valence-electron chi connectivity index (χ4n) is 1.59. The Bertz CT molecular complexity index is 524. The Balaban J connectivity index is 2.91. The summed E-state index contributed by atoms with van der Waals surface area (Å²) in [6.45, 7) is 2.18. The molecule has 0 aromatic heterocycles. The first-order valence-electron chi connectivity index (χ1n) is 5.87. The highest BCUT2D eigenvalue weighted by atomic mass is 127. The van der Waals surface area contributed by atoms with Gasteiger partial charge in [0.05, 0.1) is 21.5 Å². The minimum atomic E-state index is -0.572. The molecule has 0 unspecified atom stereocenters.